The second-order valence-electron chi connectivity index (χ2n) is 4.59. The number of nitriles is 1. The lowest BCUT2D eigenvalue weighted by Gasteiger charge is -2.38. The third kappa shape index (κ3) is 2.86. The van der Waals surface area contributed by atoms with Crippen molar-refractivity contribution in [3.63, 3.8) is 0 Å². The van der Waals surface area contributed by atoms with E-state index >= 15 is 0 Å². The molecule has 0 saturated carbocycles. The molecule has 0 spiro atoms. The highest BCUT2D eigenvalue weighted by Gasteiger charge is 2.23. The lowest BCUT2D eigenvalue weighted by atomic mass is 9.98. The van der Waals surface area contributed by atoms with Crippen LogP contribution >= 0.6 is 0 Å². The highest BCUT2D eigenvalue weighted by Crippen LogP contribution is 2.22. The first-order chi connectivity index (χ1) is 6.04. The van der Waals surface area contributed by atoms with Crippen LogP contribution in [0.3, 0.4) is 0 Å². The van der Waals surface area contributed by atoms with Crippen LogP contribution in [-0.4, -0.2) is 23.5 Å². The fourth-order valence-corrected chi connectivity index (χ4v) is 1.70. The average Bonchev–Trinajstić information content (AvgIpc) is 2.04. The summed E-state index contributed by atoms with van der Waals surface area (Å²) in [5.74, 6) is 0. The predicted molar refractivity (Wildman–Crippen MR) is 54.3 cm³/mol. The molecule has 0 unspecified atom stereocenters. The SMILES string of the molecule is CC(C)(C)N1CCC(=CC#N)CC1. The maximum Gasteiger partial charge on any atom is 0.0911 e. The Balaban J connectivity index is 2.49. The van der Waals surface area contributed by atoms with Crippen LogP contribution < -0.4 is 0 Å². The van der Waals surface area contributed by atoms with Crippen molar-refractivity contribution in [1.29, 1.82) is 5.26 Å². The summed E-state index contributed by atoms with van der Waals surface area (Å²) in [5.41, 5.74) is 1.58. The van der Waals surface area contributed by atoms with Gasteiger partial charge in [-0.3, -0.25) is 4.90 Å². The van der Waals surface area contributed by atoms with Gasteiger partial charge in [-0.05, 0) is 33.6 Å². The molecular weight excluding hydrogens is 160 g/mol. The van der Waals surface area contributed by atoms with E-state index in [-0.39, 0.29) is 5.54 Å². The molecule has 0 aromatic carbocycles. The van der Waals surface area contributed by atoms with Crippen LogP contribution in [0.4, 0.5) is 0 Å². The molecule has 1 aliphatic heterocycles. The van der Waals surface area contributed by atoms with Crippen molar-refractivity contribution in [3.8, 4) is 6.07 Å². The fourth-order valence-electron chi connectivity index (χ4n) is 1.70. The van der Waals surface area contributed by atoms with Gasteiger partial charge in [-0.2, -0.15) is 5.26 Å². The second-order valence-corrected chi connectivity index (χ2v) is 4.59. The number of likely N-dealkylation sites (tertiary alicyclic amines) is 1. The van der Waals surface area contributed by atoms with Gasteiger partial charge in [0.2, 0.25) is 0 Å². The minimum Gasteiger partial charge on any atom is -0.298 e. The molecule has 2 heteroatoms. The summed E-state index contributed by atoms with van der Waals surface area (Å²) in [6, 6.07) is 2.11. The molecule has 0 radical (unpaired) electrons. The smallest absolute Gasteiger partial charge is 0.0911 e. The van der Waals surface area contributed by atoms with Crippen molar-refractivity contribution in [2.24, 2.45) is 0 Å². The van der Waals surface area contributed by atoms with Crippen molar-refractivity contribution in [3.05, 3.63) is 11.6 Å². The normalized spacial score (nSPS) is 19.7. The van der Waals surface area contributed by atoms with Gasteiger partial charge < -0.3 is 0 Å². The van der Waals surface area contributed by atoms with Crippen molar-refractivity contribution in [2.75, 3.05) is 13.1 Å². The van der Waals surface area contributed by atoms with Crippen LogP contribution in [-0.2, 0) is 0 Å². The molecule has 1 rings (SSSR count). The molecule has 0 bridgehead atoms. The largest absolute Gasteiger partial charge is 0.298 e. The third-order valence-corrected chi connectivity index (χ3v) is 2.62. The van der Waals surface area contributed by atoms with E-state index in [1.54, 1.807) is 6.08 Å². The summed E-state index contributed by atoms with van der Waals surface area (Å²) in [4.78, 5) is 2.47. The third-order valence-electron chi connectivity index (χ3n) is 2.62. The molecule has 1 saturated heterocycles. The lowest BCUT2D eigenvalue weighted by molar-refractivity contribution is 0.126. The molecule has 72 valence electrons. The van der Waals surface area contributed by atoms with Gasteiger partial charge in [0.1, 0.15) is 0 Å². The highest BCUT2D eigenvalue weighted by molar-refractivity contribution is 5.15. The van der Waals surface area contributed by atoms with Crippen molar-refractivity contribution < 1.29 is 0 Å². The summed E-state index contributed by atoms with van der Waals surface area (Å²) >= 11 is 0. The van der Waals surface area contributed by atoms with Crippen LogP contribution in [0.25, 0.3) is 0 Å². The minimum absolute atomic E-state index is 0.276. The van der Waals surface area contributed by atoms with E-state index < -0.39 is 0 Å². The molecule has 0 atom stereocenters. The number of hydrogen-bond acceptors (Lipinski definition) is 2. The molecule has 2 nitrogen and oxygen atoms in total. The molecule has 0 aliphatic carbocycles. The van der Waals surface area contributed by atoms with Crippen LogP contribution in [0, 0.1) is 11.3 Å². The lowest BCUT2D eigenvalue weighted by Crippen LogP contribution is -2.44. The van der Waals surface area contributed by atoms with Crippen LogP contribution in [0.1, 0.15) is 33.6 Å². The van der Waals surface area contributed by atoms with Gasteiger partial charge in [0.15, 0.2) is 0 Å². The zero-order chi connectivity index (χ0) is 9.90. The summed E-state index contributed by atoms with van der Waals surface area (Å²) in [5, 5.41) is 8.50. The Morgan fingerprint density at radius 2 is 1.85 bits per heavy atom. The molecule has 13 heavy (non-hydrogen) atoms. The molecule has 1 aliphatic rings. The first-order valence-corrected chi connectivity index (χ1v) is 4.86. The maximum atomic E-state index is 8.50. The minimum atomic E-state index is 0.276. The van der Waals surface area contributed by atoms with E-state index in [1.807, 2.05) is 0 Å². The summed E-state index contributed by atoms with van der Waals surface area (Å²) < 4.78 is 0. The first kappa shape index (κ1) is 10.3. The van der Waals surface area contributed by atoms with E-state index in [0.29, 0.717) is 0 Å². The Bertz CT molecular complexity index is 230. The zero-order valence-electron chi connectivity index (χ0n) is 8.80. The number of rotatable bonds is 0. The standard InChI is InChI=1S/C11H18N2/c1-11(2,3)13-8-5-10(4-7-12)6-9-13/h4H,5-6,8-9H2,1-3H3. The summed E-state index contributed by atoms with van der Waals surface area (Å²) in [7, 11) is 0. The molecular formula is C11H18N2. The number of nitrogens with zero attached hydrogens (tertiary/aromatic N) is 2. The molecule has 0 amide bonds. The van der Waals surface area contributed by atoms with E-state index in [2.05, 4.69) is 31.7 Å². The Kier molecular flexibility index (Phi) is 3.11. The first-order valence-electron chi connectivity index (χ1n) is 4.86. The Labute approximate surface area is 80.8 Å². The Hall–Kier alpha value is -0.810. The van der Waals surface area contributed by atoms with E-state index in [9.17, 15) is 0 Å². The number of allylic oxidation sites excluding steroid dienone is 1. The van der Waals surface area contributed by atoms with Gasteiger partial charge >= 0.3 is 0 Å². The topological polar surface area (TPSA) is 27.0 Å². The predicted octanol–water partition coefficient (Wildman–Crippen LogP) is 2.33. The Morgan fingerprint density at radius 3 is 2.23 bits per heavy atom. The summed E-state index contributed by atoms with van der Waals surface area (Å²) in [6.07, 6.45) is 3.83. The molecule has 0 aromatic heterocycles. The van der Waals surface area contributed by atoms with Crippen LogP contribution in [0.5, 0.6) is 0 Å². The van der Waals surface area contributed by atoms with Crippen molar-refractivity contribution in [2.45, 2.75) is 39.2 Å². The maximum absolute atomic E-state index is 8.50. The van der Waals surface area contributed by atoms with Gasteiger partial charge in [-0.1, -0.05) is 5.57 Å². The molecule has 0 aromatic rings. The van der Waals surface area contributed by atoms with Gasteiger partial charge in [-0.25, -0.2) is 0 Å². The highest BCUT2D eigenvalue weighted by atomic mass is 15.2. The molecule has 1 fully saturated rings. The van der Waals surface area contributed by atoms with Gasteiger partial charge in [0.25, 0.3) is 0 Å². The Morgan fingerprint density at radius 1 is 1.31 bits per heavy atom. The second kappa shape index (κ2) is 3.93. The van der Waals surface area contributed by atoms with E-state index in [1.165, 1.54) is 5.57 Å². The summed E-state index contributed by atoms with van der Waals surface area (Å²) in [6.45, 7) is 8.91. The van der Waals surface area contributed by atoms with E-state index in [4.69, 9.17) is 5.26 Å². The average molecular weight is 178 g/mol. The van der Waals surface area contributed by atoms with Gasteiger partial charge in [0.05, 0.1) is 6.07 Å². The monoisotopic (exact) mass is 178 g/mol. The fraction of sp³-hybridized carbons (Fsp3) is 0.727. The van der Waals surface area contributed by atoms with Crippen molar-refractivity contribution >= 4 is 0 Å². The molecule has 1 heterocycles. The van der Waals surface area contributed by atoms with Gasteiger partial charge in [0, 0.05) is 24.7 Å². The molecule has 0 N–H and O–H groups in total. The van der Waals surface area contributed by atoms with Crippen molar-refractivity contribution in [1.82, 2.24) is 4.90 Å². The van der Waals surface area contributed by atoms with Gasteiger partial charge in [-0.15, -0.1) is 0 Å². The van der Waals surface area contributed by atoms with Crippen LogP contribution in [0.2, 0.25) is 0 Å². The number of piperidine rings is 1. The van der Waals surface area contributed by atoms with Crippen LogP contribution in [0.15, 0.2) is 11.6 Å². The van der Waals surface area contributed by atoms with E-state index in [0.717, 1.165) is 25.9 Å². The quantitative estimate of drug-likeness (QED) is 0.532. The number of hydrogen-bond donors (Lipinski definition) is 0. The zero-order valence-corrected chi connectivity index (χ0v) is 8.80.